The molecule has 2 aliphatic rings. The summed E-state index contributed by atoms with van der Waals surface area (Å²) < 4.78 is 20.1. The highest BCUT2D eigenvalue weighted by molar-refractivity contribution is 6.05. The summed E-state index contributed by atoms with van der Waals surface area (Å²) in [7, 11) is 6.83. The molecule has 0 aliphatic carbocycles. The number of benzene rings is 2. The lowest BCUT2D eigenvalue weighted by Gasteiger charge is -2.20. The van der Waals surface area contributed by atoms with E-state index in [9.17, 15) is 19.2 Å². The summed E-state index contributed by atoms with van der Waals surface area (Å²) in [4.78, 5) is 57.8. The van der Waals surface area contributed by atoms with Gasteiger partial charge in [0.1, 0.15) is 18.0 Å². The Balaban J connectivity index is 0.00000276. The molecule has 4 aromatic rings. The number of esters is 1. The highest BCUT2D eigenvalue weighted by atomic mass is 16.5. The number of rotatable bonds is 14. The molecule has 1 unspecified atom stereocenters. The molecule has 0 saturated carbocycles. The predicted octanol–water partition coefficient (Wildman–Crippen LogP) is 5.81. The Morgan fingerprint density at radius 1 is 0.889 bits per heavy atom. The van der Waals surface area contributed by atoms with Gasteiger partial charge in [0.15, 0.2) is 11.5 Å². The van der Waals surface area contributed by atoms with E-state index in [1.807, 2.05) is 43.3 Å². The molecule has 14 heteroatoms. The number of carbonyl (C=O) groups is 4. The molecule has 1 fully saturated rings. The standard InChI is InChI=1S/C38H43N7O7.C2H6/c1-39-13-16-52-38(49)32-17-25(22-43(32)2)24-9-11-26(12-10-24)42-36(47)31-18-27(23-44(31)3)41-35(46)8-6-15-51-34-20-30-29(19-33(34)50-4)37(48)45-14-5-7-28(45)21-40-30;1-2/h9-12,17-23,28,39H,5-8,13-16H2,1-4H3,(H,41,46)(H,42,47);1-2H3. The maximum absolute atomic E-state index is 13.1. The van der Waals surface area contributed by atoms with Gasteiger partial charge in [-0.3, -0.25) is 19.4 Å². The second-order valence-corrected chi connectivity index (χ2v) is 12.7. The number of aliphatic imine (C=N–C) groups is 1. The first-order chi connectivity index (χ1) is 26.1. The number of anilines is 2. The predicted molar refractivity (Wildman–Crippen MR) is 208 cm³/mol. The van der Waals surface area contributed by atoms with Crippen molar-refractivity contribution in [2.75, 3.05) is 51.1 Å². The maximum atomic E-state index is 13.1. The molecule has 0 bridgehead atoms. The fourth-order valence-electron chi connectivity index (χ4n) is 6.30. The molecule has 2 aromatic carbocycles. The number of ether oxygens (including phenoxy) is 3. The Labute approximate surface area is 315 Å². The van der Waals surface area contributed by atoms with Gasteiger partial charge in [-0.2, -0.15) is 0 Å². The smallest absolute Gasteiger partial charge is 0.355 e. The number of aryl methyl sites for hydroxylation is 2. The van der Waals surface area contributed by atoms with Gasteiger partial charge in [-0.05, 0) is 62.2 Å². The van der Waals surface area contributed by atoms with Crippen LogP contribution in [0.5, 0.6) is 11.5 Å². The average Bonchev–Trinajstić information content (AvgIpc) is 3.89. The van der Waals surface area contributed by atoms with Crippen molar-refractivity contribution in [1.82, 2.24) is 19.4 Å². The molecule has 286 valence electrons. The van der Waals surface area contributed by atoms with Crippen LogP contribution in [0.1, 0.15) is 70.9 Å². The quantitative estimate of drug-likeness (QED) is 0.108. The largest absolute Gasteiger partial charge is 0.493 e. The van der Waals surface area contributed by atoms with E-state index in [2.05, 4.69) is 20.9 Å². The Hall–Kier alpha value is -5.89. The van der Waals surface area contributed by atoms with E-state index in [-0.39, 0.29) is 43.4 Å². The fraction of sp³-hybridized carbons (Fsp3) is 0.375. The highest BCUT2D eigenvalue weighted by Crippen LogP contribution is 2.38. The Kier molecular flexibility index (Phi) is 13.3. The molecule has 1 atom stereocenters. The second kappa shape index (κ2) is 18.2. The van der Waals surface area contributed by atoms with E-state index in [4.69, 9.17) is 14.2 Å². The van der Waals surface area contributed by atoms with Crippen LogP contribution in [0.3, 0.4) is 0 Å². The number of amides is 3. The number of nitrogens with one attached hydrogen (secondary N) is 3. The summed E-state index contributed by atoms with van der Waals surface area (Å²) in [5.74, 6) is -0.135. The second-order valence-electron chi connectivity index (χ2n) is 12.7. The zero-order chi connectivity index (χ0) is 38.8. The van der Waals surface area contributed by atoms with Crippen LogP contribution in [0.15, 0.2) is 65.9 Å². The number of likely N-dealkylation sites (N-methyl/N-ethyl adjacent to an activating group) is 1. The molecule has 2 aromatic heterocycles. The van der Waals surface area contributed by atoms with Gasteiger partial charge >= 0.3 is 5.97 Å². The molecule has 6 rings (SSSR count). The van der Waals surface area contributed by atoms with Crippen molar-refractivity contribution in [1.29, 1.82) is 0 Å². The van der Waals surface area contributed by atoms with Gasteiger partial charge in [0, 0.05) is 69.5 Å². The average molecular weight is 740 g/mol. The molecule has 1 saturated heterocycles. The minimum absolute atomic E-state index is 0.00572. The topological polar surface area (TPSA) is 158 Å². The molecule has 54 heavy (non-hydrogen) atoms. The Bertz CT molecular complexity index is 2000. The van der Waals surface area contributed by atoms with Gasteiger partial charge in [-0.1, -0.05) is 26.0 Å². The van der Waals surface area contributed by atoms with Gasteiger partial charge in [-0.25, -0.2) is 4.79 Å². The first kappa shape index (κ1) is 39.3. The third-order valence-corrected chi connectivity index (χ3v) is 9.06. The van der Waals surface area contributed by atoms with Crippen LogP contribution in [0, 0.1) is 0 Å². The SMILES string of the molecule is CC.CNCCOC(=O)c1cc(-c2ccc(NC(=O)c3cc(NC(=O)CCCOc4cc5c(cc4OC)C(=O)N4CCCC4C=N5)cn3C)cc2)cn1C. The molecule has 2 aliphatic heterocycles. The lowest BCUT2D eigenvalue weighted by Crippen LogP contribution is -2.35. The lowest BCUT2D eigenvalue weighted by atomic mass is 10.1. The summed E-state index contributed by atoms with van der Waals surface area (Å²) in [6.45, 7) is 5.80. The third-order valence-electron chi connectivity index (χ3n) is 9.06. The van der Waals surface area contributed by atoms with Crippen molar-refractivity contribution in [3.8, 4) is 22.6 Å². The molecule has 14 nitrogen and oxygen atoms in total. The highest BCUT2D eigenvalue weighted by Gasteiger charge is 2.32. The molecule has 4 heterocycles. The van der Waals surface area contributed by atoms with Crippen molar-refractivity contribution < 1.29 is 33.4 Å². The summed E-state index contributed by atoms with van der Waals surface area (Å²) in [5, 5.41) is 8.68. The van der Waals surface area contributed by atoms with Crippen LogP contribution in [-0.4, -0.2) is 90.4 Å². The lowest BCUT2D eigenvalue weighted by molar-refractivity contribution is -0.116. The van der Waals surface area contributed by atoms with E-state index in [0.717, 1.165) is 24.0 Å². The monoisotopic (exact) mass is 739 g/mol. The van der Waals surface area contributed by atoms with E-state index in [1.165, 1.54) is 7.11 Å². The first-order valence-corrected chi connectivity index (χ1v) is 18.2. The van der Waals surface area contributed by atoms with Gasteiger partial charge in [0.05, 0.1) is 36.7 Å². The van der Waals surface area contributed by atoms with Crippen molar-refractivity contribution in [3.63, 3.8) is 0 Å². The van der Waals surface area contributed by atoms with Gasteiger partial charge < -0.3 is 44.2 Å². The zero-order valence-electron chi connectivity index (χ0n) is 31.7. The van der Waals surface area contributed by atoms with Crippen LogP contribution in [0.25, 0.3) is 11.1 Å². The van der Waals surface area contributed by atoms with Crippen LogP contribution in [0.2, 0.25) is 0 Å². The molecular weight excluding hydrogens is 690 g/mol. The summed E-state index contributed by atoms with van der Waals surface area (Å²) >= 11 is 0. The molecule has 0 radical (unpaired) electrons. The van der Waals surface area contributed by atoms with Crippen LogP contribution >= 0.6 is 0 Å². The van der Waals surface area contributed by atoms with Crippen molar-refractivity contribution >= 4 is 47.0 Å². The van der Waals surface area contributed by atoms with Gasteiger partial charge in [-0.15, -0.1) is 0 Å². The Morgan fingerprint density at radius 3 is 2.39 bits per heavy atom. The maximum Gasteiger partial charge on any atom is 0.355 e. The molecule has 3 amide bonds. The summed E-state index contributed by atoms with van der Waals surface area (Å²) in [5.41, 5.74) is 4.64. The normalized spacial score (nSPS) is 14.3. The number of fused-ring (bicyclic) bond motifs is 2. The number of carbonyl (C=O) groups excluding carboxylic acids is 4. The van der Waals surface area contributed by atoms with Crippen molar-refractivity contribution in [2.24, 2.45) is 19.1 Å². The number of methoxy groups -OCH3 is 1. The van der Waals surface area contributed by atoms with Crippen LogP contribution in [0.4, 0.5) is 17.1 Å². The number of aromatic nitrogens is 2. The molecule has 0 spiro atoms. The van der Waals surface area contributed by atoms with Gasteiger partial charge in [0.2, 0.25) is 5.91 Å². The third kappa shape index (κ3) is 9.18. The number of hydrogen-bond acceptors (Lipinski definition) is 9. The van der Waals surface area contributed by atoms with Crippen LogP contribution in [-0.2, 0) is 23.6 Å². The zero-order valence-corrected chi connectivity index (χ0v) is 31.7. The summed E-state index contributed by atoms with van der Waals surface area (Å²) in [6.07, 6.45) is 7.81. The van der Waals surface area contributed by atoms with Crippen molar-refractivity contribution in [3.05, 3.63) is 77.9 Å². The van der Waals surface area contributed by atoms with E-state index in [0.29, 0.717) is 65.0 Å². The first-order valence-electron chi connectivity index (χ1n) is 18.2. The van der Waals surface area contributed by atoms with Crippen molar-refractivity contribution in [2.45, 2.75) is 45.6 Å². The molecular formula is C40H49N7O7. The molecule has 3 N–H and O–H groups in total. The minimum Gasteiger partial charge on any atom is -0.493 e. The Morgan fingerprint density at radius 2 is 1.65 bits per heavy atom. The minimum atomic E-state index is -0.395. The van der Waals surface area contributed by atoms with E-state index >= 15 is 0 Å². The van der Waals surface area contributed by atoms with Gasteiger partial charge in [0.25, 0.3) is 11.8 Å². The number of nitrogens with zero attached hydrogens (tertiary/aromatic N) is 4. The number of hydrogen-bond donors (Lipinski definition) is 3. The summed E-state index contributed by atoms with van der Waals surface area (Å²) in [6, 6.07) is 14.1. The van der Waals surface area contributed by atoms with E-state index in [1.54, 1.807) is 72.9 Å². The van der Waals surface area contributed by atoms with E-state index < -0.39 is 5.97 Å². The van der Waals surface area contributed by atoms with Crippen LogP contribution < -0.4 is 25.4 Å². The fourth-order valence-corrected chi connectivity index (χ4v) is 6.30.